The van der Waals surface area contributed by atoms with E-state index in [1.807, 2.05) is 0 Å². The number of hydrazine groups is 1. The van der Waals surface area contributed by atoms with E-state index in [1.54, 1.807) is 0 Å². The lowest BCUT2D eigenvalue weighted by molar-refractivity contribution is -0.134. The molecule has 0 radical (unpaired) electrons. The Labute approximate surface area is 90.4 Å². The van der Waals surface area contributed by atoms with Crippen molar-refractivity contribution in [3.63, 3.8) is 0 Å². The molecule has 82 valence electrons. The Bertz CT molecular complexity index is 224. The second kappa shape index (κ2) is 4.47. The van der Waals surface area contributed by atoms with E-state index >= 15 is 0 Å². The second-order valence-corrected chi connectivity index (χ2v) is 4.20. The lowest BCUT2D eigenvalue weighted by Crippen LogP contribution is -2.50. The summed E-state index contributed by atoms with van der Waals surface area (Å²) in [5.74, 6) is 5.76. The summed E-state index contributed by atoms with van der Waals surface area (Å²) >= 11 is 0. The molecule has 0 bridgehead atoms. The van der Waals surface area contributed by atoms with Crippen LogP contribution < -0.4 is 16.6 Å². The highest BCUT2D eigenvalue weighted by Crippen LogP contribution is 2.43. The van der Waals surface area contributed by atoms with Crippen LogP contribution in [0.15, 0.2) is 0 Å². The van der Waals surface area contributed by atoms with Gasteiger partial charge in [0.15, 0.2) is 0 Å². The molecule has 1 saturated heterocycles. The SMILES string of the molecule is Cl.NNC(=O)[C@@]12CCCC[C@H]1CNC2. The fourth-order valence-corrected chi connectivity index (χ4v) is 2.83. The number of hydrogen-bond acceptors (Lipinski definition) is 3. The molecule has 1 aliphatic carbocycles. The second-order valence-electron chi connectivity index (χ2n) is 4.20. The van der Waals surface area contributed by atoms with Crippen molar-refractivity contribution in [2.75, 3.05) is 13.1 Å². The van der Waals surface area contributed by atoms with E-state index in [1.165, 1.54) is 12.8 Å². The third kappa shape index (κ3) is 1.62. The van der Waals surface area contributed by atoms with E-state index in [2.05, 4.69) is 10.7 Å². The molecule has 0 aromatic heterocycles. The standard InChI is InChI=1S/C9H17N3O.ClH/c10-12-8(13)9-4-2-1-3-7(9)5-11-6-9;/h7,11H,1-6,10H2,(H,12,13);1H/t7-,9+;/m0./s1. The Morgan fingerprint density at radius 2 is 2.29 bits per heavy atom. The van der Waals surface area contributed by atoms with Crippen LogP contribution in [0.25, 0.3) is 0 Å². The molecule has 2 rings (SSSR count). The number of carbonyl (C=O) groups is 1. The predicted octanol–water partition coefficient (Wildman–Crippen LogP) is 0.178. The summed E-state index contributed by atoms with van der Waals surface area (Å²) in [6, 6.07) is 0. The maximum Gasteiger partial charge on any atom is 0.241 e. The Morgan fingerprint density at radius 1 is 1.50 bits per heavy atom. The summed E-state index contributed by atoms with van der Waals surface area (Å²) in [7, 11) is 0. The fraction of sp³-hybridized carbons (Fsp3) is 0.889. The van der Waals surface area contributed by atoms with Crippen LogP contribution in [0.2, 0.25) is 0 Å². The van der Waals surface area contributed by atoms with Crippen LogP contribution in [0.4, 0.5) is 0 Å². The molecular formula is C9H18ClN3O. The van der Waals surface area contributed by atoms with E-state index in [0.717, 1.165) is 25.9 Å². The molecule has 2 aliphatic rings. The van der Waals surface area contributed by atoms with Gasteiger partial charge in [-0.25, -0.2) is 5.84 Å². The lowest BCUT2D eigenvalue weighted by atomic mass is 9.68. The molecule has 1 saturated carbocycles. The van der Waals surface area contributed by atoms with Crippen molar-refractivity contribution in [1.82, 2.24) is 10.7 Å². The predicted molar refractivity (Wildman–Crippen MR) is 56.8 cm³/mol. The Morgan fingerprint density at radius 3 is 3.00 bits per heavy atom. The van der Waals surface area contributed by atoms with E-state index in [9.17, 15) is 4.79 Å². The molecular weight excluding hydrogens is 202 g/mol. The van der Waals surface area contributed by atoms with Gasteiger partial charge in [-0.1, -0.05) is 12.8 Å². The number of carbonyl (C=O) groups excluding carboxylic acids is 1. The smallest absolute Gasteiger partial charge is 0.241 e. The van der Waals surface area contributed by atoms with Crippen molar-refractivity contribution in [2.45, 2.75) is 25.7 Å². The highest BCUT2D eigenvalue weighted by Gasteiger charge is 2.49. The number of nitrogens with one attached hydrogen (secondary N) is 2. The zero-order chi connectivity index (χ0) is 9.31. The molecule has 0 aromatic carbocycles. The fourth-order valence-electron chi connectivity index (χ4n) is 2.83. The van der Waals surface area contributed by atoms with Crippen molar-refractivity contribution >= 4 is 18.3 Å². The molecule has 0 spiro atoms. The van der Waals surface area contributed by atoms with Crippen molar-refractivity contribution in [3.8, 4) is 0 Å². The maximum absolute atomic E-state index is 11.7. The zero-order valence-corrected chi connectivity index (χ0v) is 9.03. The molecule has 4 nitrogen and oxygen atoms in total. The van der Waals surface area contributed by atoms with Crippen molar-refractivity contribution < 1.29 is 4.79 Å². The summed E-state index contributed by atoms with van der Waals surface area (Å²) in [6.07, 6.45) is 4.58. The first-order valence-electron chi connectivity index (χ1n) is 5.01. The van der Waals surface area contributed by atoms with Crippen LogP contribution in [0.1, 0.15) is 25.7 Å². The van der Waals surface area contributed by atoms with E-state index in [0.29, 0.717) is 5.92 Å². The number of halogens is 1. The first kappa shape index (κ1) is 11.8. The Hall–Kier alpha value is -0.320. The van der Waals surface area contributed by atoms with Gasteiger partial charge in [0.1, 0.15) is 0 Å². The topological polar surface area (TPSA) is 67.1 Å². The van der Waals surface area contributed by atoms with Gasteiger partial charge in [0.2, 0.25) is 5.91 Å². The van der Waals surface area contributed by atoms with Crippen molar-refractivity contribution in [2.24, 2.45) is 17.2 Å². The lowest BCUT2D eigenvalue weighted by Gasteiger charge is -2.36. The van der Waals surface area contributed by atoms with Crippen molar-refractivity contribution in [3.05, 3.63) is 0 Å². The average molecular weight is 220 g/mol. The van der Waals surface area contributed by atoms with Gasteiger partial charge in [-0.3, -0.25) is 10.2 Å². The molecule has 4 N–H and O–H groups in total. The Balaban J connectivity index is 0.000000980. The van der Waals surface area contributed by atoms with Crippen molar-refractivity contribution in [1.29, 1.82) is 0 Å². The summed E-state index contributed by atoms with van der Waals surface area (Å²) < 4.78 is 0. The van der Waals surface area contributed by atoms with E-state index in [4.69, 9.17) is 5.84 Å². The number of hydrogen-bond donors (Lipinski definition) is 3. The first-order valence-corrected chi connectivity index (χ1v) is 5.01. The van der Waals surface area contributed by atoms with E-state index < -0.39 is 0 Å². The zero-order valence-electron chi connectivity index (χ0n) is 8.21. The molecule has 0 aromatic rings. The van der Waals surface area contributed by atoms with Crippen LogP contribution in [-0.2, 0) is 4.79 Å². The van der Waals surface area contributed by atoms with Crippen LogP contribution in [0.5, 0.6) is 0 Å². The van der Waals surface area contributed by atoms with E-state index in [-0.39, 0.29) is 23.7 Å². The van der Waals surface area contributed by atoms with Gasteiger partial charge in [-0.2, -0.15) is 0 Å². The van der Waals surface area contributed by atoms with Gasteiger partial charge in [0, 0.05) is 6.54 Å². The van der Waals surface area contributed by atoms with Gasteiger partial charge < -0.3 is 5.32 Å². The third-order valence-electron chi connectivity index (χ3n) is 3.62. The van der Waals surface area contributed by atoms with Gasteiger partial charge in [-0.15, -0.1) is 12.4 Å². The minimum absolute atomic E-state index is 0. The molecule has 5 heteroatoms. The summed E-state index contributed by atoms with van der Waals surface area (Å²) in [5, 5.41) is 3.30. The number of fused-ring (bicyclic) bond motifs is 1. The summed E-state index contributed by atoms with van der Waals surface area (Å²) in [5.41, 5.74) is 2.13. The molecule has 1 amide bonds. The van der Waals surface area contributed by atoms with Crippen LogP contribution in [-0.4, -0.2) is 19.0 Å². The number of rotatable bonds is 1. The largest absolute Gasteiger partial charge is 0.315 e. The van der Waals surface area contributed by atoms with Gasteiger partial charge in [0.05, 0.1) is 5.41 Å². The highest BCUT2D eigenvalue weighted by molar-refractivity contribution is 5.85. The molecule has 0 unspecified atom stereocenters. The van der Waals surface area contributed by atoms with Crippen LogP contribution in [0, 0.1) is 11.3 Å². The maximum atomic E-state index is 11.7. The Kier molecular flexibility index (Phi) is 3.75. The summed E-state index contributed by atoms with van der Waals surface area (Å²) in [6.45, 7) is 1.79. The number of nitrogens with two attached hydrogens (primary N) is 1. The van der Waals surface area contributed by atoms with Crippen LogP contribution >= 0.6 is 12.4 Å². The number of amides is 1. The molecule has 14 heavy (non-hydrogen) atoms. The molecule has 2 fully saturated rings. The van der Waals surface area contributed by atoms with Gasteiger partial charge in [-0.05, 0) is 25.3 Å². The van der Waals surface area contributed by atoms with Gasteiger partial charge >= 0.3 is 0 Å². The third-order valence-corrected chi connectivity index (χ3v) is 3.62. The molecule has 1 aliphatic heterocycles. The normalized spacial score (nSPS) is 35.6. The molecule has 2 atom stereocenters. The van der Waals surface area contributed by atoms with Gasteiger partial charge in [0.25, 0.3) is 0 Å². The first-order chi connectivity index (χ1) is 6.29. The average Bonchev–Trinajstić information content (AvgIpc) is 2.61. The quantitative estimate of drug-likeness (QED) is 0.335. The summed E-state index contributed by atoms with van der Waals surface area (Å²) in [4.78, 5) is 11.7. The minimum Gasteiger partial charge on any atom is -0.315 e. The minimum atomic E-state index is -0.187. The molecule has 1 heterocycles. The van der Waals surface area contributed by atoms with Crippen LogP contribution in [0.3, 0.4) is 0 Å². The highest BCUT2D eigenvalue weighted by atomic mass is 35.5. The monoisotopic (exact) mass is 219 g/mol.